The van der Waals surface area contributed by atoms with Crippen molar-refractivity contribution in [1.29, 1.82) is 0 Å². The first-order valence-electron chi connectivity index (χ1n) is 7.33. The molecule has 0 radical (unpaired) electrons. The van der Waals surface area contributed by atoms with E-state index in [1.165, 1.54) is 18.3 Å². The molecule has 23 heavy (non-hydrogen) atoms. The van der Waals surface area contributed by atoms with Crippen molar-refractivity contribution >= 4 is 28.2 Å². The lowest BCUT2D eigenvalue weighted by atomic mass is 9.92. The predicted octanol–water partition coefficient (Wildman–Crippen LogP) is 3.27. The summed E-state index contributed by atoms with van der Waals surface area (Å²) in [5.41, 5.74) is 2.56. The Morgan fingerprint density at radius 2 is 1.96 bits per heavy atom. The third-order valence-corrected chi connectivity index (χ3v) is 4.26. The molecule has 1 aliphatic heterocycles. The lowest BCUT2D eigenvalue weighted by Crippen LogP contribution is -2.23. The van der Waals surface area contributed by atoms with E-state index >= 15 is 0 Å². The number of anilines is 1. The van der Waals surface area contributed by atoms with Gasteiger partial charge in [-0.2, -0.15) is 0 Å². The number of para-hydroxylation sites is 1. The van der Waals surface area contributed by atoms with Crippen molar-refractivity contribution in [3.63, 3.8) is 0 Å². The van der Waals surface area contributed by atoms with Crippen LogP contribution in [-0.4, -0.2) is 23.1 Å². The highest BCUT2D eigenvalue weighted by Gasteiger charge is 2.33. The van der Waals surface area contributed by atoms with Crippen LogP contribution in [-0.2, 0) is 4.79 Å². The number of hydrogen-bond acceptors (Lipinski definition) is 3. The Labute approximate surface area is 131 Å². The average molecular weight is 308 g/mol. The molecule has 0 amide bonds. The van der Waals surface area contributed by atoms with E-state index in [0.29, 0.717) is 17.4 Å². The zero-order chi connectivity index (χ0) is 16.0. The minimum absolute atomic E-state index is 0.217. The summed E-state index contributed by atoms with van der Waals surface area (Å²) in [6, 6.07) is 11.6. The highest BCUT2D eigenvalue weighted by atomic mass is 19.1. The molecule has 0 saturated carbocycles. The highest BCUT2D eigenvalue weighted by Crippen LogP contribution is 2.33. The summed E-state index contributed by atoms with van der Waals surface area (Å²) in [6.07, 6.45) is 1.47. The normalized spacial score (nSPS) is 16.1. The Bertz CT molecular complexity index is 945. The van der Waals surface area contributed by atoms with E-state index in [2.05, 4.69) is 10.3 Å². The zero-order valence-electron chi connectivity index (χ0n) is 12.1. The number of rotatable bonds is 3. The lowest BCUT2D eigenvalue weighted by Gasteiger charge is -2.07. The van der Waals surface area contributed by atoms with Crippen LogP contribution < -0.4 is 5.32 Å². The molecular weight excluding hydrogens is 295 g/mol. The number of benzene rings is 2. The highest BCUT2D eigenvalue weighted by molar-refractivity contribution is 6.47. The second-order valence-electron chi connectivity index (χ2n) is 5.61. The number of ketones is 2. The average Bonchev–Trinajstić information content (AvgIpc) is 3.17. The van der Waals surface area contributed by atoms with Crippen molar-refractivity contribution in [2.24, 2.45) is 0 Å². The molecule has 2 N–H and O–H groups in total. The van der Waals surface area contributed by atoms with Gasteiger partial charge in [-0.15, -0.1) is 0 Å². The molecule has 114 valence electrons. The first-order valence-corrected chi connectivity index (χ1v) is 7.33. The van der Waals surface area contributed by atoms with Crippen LogP contribution in [0.25, 0.3) is 10.9 Å². The van der Waals surface area contributed by atoms with E-state index in [0.717, 1.165) is 11.3 Å². The third-order valence-electron chi connectivity index (χ3n) is 4.26. The standard InChI is InChI=1S/C18H13FN2O2/c19-10-5-6-16-12(7-10)14(9-21-16)18(23)17(22)13-8-20-15-4-2-1-3-11(13)15/h1-7,9,13,20-21H,8H2. The largest absolute Gasteiger partial charge is 0.384 e. The predicted molar refractivity (Wildman–Crippen MR) is 85.3 cm³/mol. The van der Waals surface area contributed by atoms with E-state index in [4.69, 9.17) is 0 Å². The Hall–Kier alpha value is -2.95. The summed E-state index contributed by atoms with van der Waals surface area (Å²) in [7, 11) is 0. The van der Waals surface area contributed by atoms with Crippen LogP contribution in [0, 0.1) is 5.82 Å². The molecule has 1 aromatic heterocycles. The number of nitrogens with one attached hydrogen (secondary N) is 2. The molecule has 0 fully saturated rings. The maximum atomic E-state index is 13.4. The van der Waals surface area contributed by atoms with Gasteiger partial charge in [0.15, 0.2) is 0 Å². The number of fused-ring (bicyclic) bond motifs is 2. The van der Waals surface area contributed by atoms with E-state index in [1.807, 2.05) is 24.3 Å². The van der Waals surface area contributed by atoms with Gasteiger partial charge in [-0.05, 0) is 29.8 Å². The summed E-state index contributed by atoms with van der Waals surface area (Å²) >= 11 is 0. The van der Waals surface area contributed by atoms with Crippen molar-refractivity contribution in [1.82, 2.24) is 4.98 Å². The van der Waals surface area contributed by atoms with Crippen molar-refractivity contribution in [2.45, 2.75) is 5.92 Å². The fraction of sp³-hybridized carbons (Fsp3) is 0.111. The fourth-order valence-corrected chi connectivity index (χ4v) is 3.09. The number of H-pyrrole nitrogens is 1. The number of carbonyl (C=O) groups is 2. The number of halogens is 1. The molecule has 2 heterocycles. The van der Waals surface area contributed by atoms with Gasteiger partial charge in [-0.1, -0.05) is 18.2 Å². The van der Waals surface area contributed by atoms with Gasteiger partial charge in [0, 0.05) is 29.3 Å². The molecule has 1 aliphatic rings. The van der Waals surface area contributed by atoms with Crippen molar-refractivity contribution in [2.75, 3.05) is 11.9 Å². The SMILES string of the molecule is O=C(C(=O)C1CNc2ccccc21)c1c[nH]c2ccc(F)cc12. The quantitative estimate of drug-likeness (QED) is 0.576. The molecule has 1 unspecified atom stereocenters. The fourth-order valence-electron chi connectivity index (χ4n) is 3.09. The number of Topliss-reactive ketones (excluding diaryl/α,β-unsaturated/α-hetero) is 2. The summed E-state index contributed by atoms with van der Waals surface area (Å²) in [4.78, 5) is 28.2. The molecule has 0 aliphatic carbocycles. The van der Waals surface area contributed by atoms with Gasteiger partial charge >= 0.3 is 0 Å². The first-order chi connectivity index (χ1) is 11.1. The van der Waals surface area contributed by atoms with E-state index in [9.17, 15) is 14.0 Å². The summed E-state index contributed by atoms with van der Waals surface area (Å²) in [6.45, 7) is 0.403. The Morgan fingerprint density at radius 3 is 2.83 bits per heavy atom. The number of hydrogen-bond donors (Lipinski definition) is 2. The molecule has 3 aromatic rings. The molecule has 4 rings (SSSR count). The van der Waals surface area contributed by atoms with Crippen molar-refractivity contribution < 1.29 is 14.0 Å². The van der Waals surface area contributed by atoms with Crippen LogP contribution >= 0.6 is 0 Å². The molecule has 0 saturated heterocycles. The monoisotopic (exact) mass is 308 g/mol. The number of carbonyl (C=O) groups excluding carboxylic acids is 2. The van der Waals surface area contributed by atoms with Crippen LogP contribution in [0.5, 0.6) is 0 Å². The summed E-state index contributed by atoms with van der Waals surface area (Å²) in [5.74, 6) is -2.01. The van der Waals surface area contributed by atoms with Crippen molar-refractivity contribution in [3.05, 3.63) is 65.6 Å². The van der Waals surface area contributed by atoms with Crippen LogP contribution in [0.4, 0.5) is 10.1 Å². The van der Waals surface area contributed by atoms with Gasteiger partial charge in [-0.25, -0.2) is 4.39 Å². The Kier molecular flexibility index (Phi) is 3.01. The molecule has 4 nitrogen and oxygen atoms in total. The maximum Gasteiger partial charge on any atom is 0.231 e. The van der Waals surface area contributed by atoms with E-state index in [-0.39, 0.29) is 5.56 Å². The summed E-state index contributed by atoms with van der Waals surface area (Å²) in [5, 5.41) is 3.57. The molecule has 0 bridgehead atoms. The maximum absolute atomic E-state index is 13.4. The molecule has 1 atom stereocenters. The minimum atomic E-state index is -0.592. The second-order valence-corrected chi connectivity index (χ2v) is 5.61. The van der Waals surface area contributed by atoms with Gasteiger partial charge < -0.3 is 10.3 Å². The zero-order valence-corrected chi connectivity index (χ0v) is 12.1. The Balaban J connectivity index is 1.72. The molecular formula is C18H13FN2O2. The van der Waals surface area contributed by atoms with Crippen molar-refractivity contribution in [3.8, 4) is 0 Å². The summed E-state index contributed by atoms with van der Waals surface area (Å²) < 4.78 is 13.4. The van der Waals surface area contributed by atoms with Gasteiger partial charge in [0.05, 0.1) is 11.5 Å². The van der Waals surface area contributed by atoms with Crippen LogP contribution in [0.1, 0.15) is 21.8 Å². The molecule has 2 aromatic carbocycles. The van der Waals surface area contributed by atoms with Crippen LogP contribution in [0.3, 0.4) is 0 Å². The smallest absolute Gasteiger partial charge is 0.231 e. The minimum Gasteiger partial charge on any atom is -0.384 e. The van der Waals surface area contributed by atoms with Gasteiger partial charge in [0.1, 0.15) is 5.82 Å². The molecule has 0 spiro atoms. The second kappa shape index (κ2) is 5.05. The lowest BCUT2D eigenvalue weighted by molar-refractivity contribution is -0.116. The van der Waals surface area contributed by atoms with Gasteiger partial charge in [0.2, 0.25) is 11.6 Å². The van der Waals surface area contributed by atoms with Crippen LogP contribution in [0.15, 0.2) is 48.7 Å². The first kappa shape index (κ1) is 13.7. The van der Waals surface area contributed by atoms with Crippen LogP contribution in [0.2, 0.25) is 0 Å². The van der Waals surface area contributed by atoms with E-state index in [1.54, 1.807) is 6.07 Å². The third kappa shape index (κ3) is 2.12. The van der Waals surface area contributed by atoms with Gasteiger partial charge in [-0.3, -0.25) is 9.59 Å². The Morgan fingerprint density at radius 1 is 1.13 bits per heavy atom. The molecule has 5 heteroatoms. The van der Waals surface area contributed by atoms with E-state index < -0.39 is 23.3 Å². The number of aromatic nitrogens is 1. The topological polar surface area (TPSA) is 62.0 Å². The number of aromatic amines is 1. The van der Waals surface area contributed by atoms with Gasteiger partial charge in [0.25, 0.3) is 0 Å².